The lowest BCUT2D eigenvalue weighted by Gasteiger charge is -2.24. The quantitative estimate of drug-likeness (QED) is 0.226. The van der Waals surface area contributed by atoms with Crippen LogP contribution in [0.5, 0.6) is 11.5 Å². The van der Waals surface area contributed by atoms with Gasteiger partial charge >= 0.3 is 27.0 Å². The van der Waals surface area contributed by atoms with Gasteiger partial charge in [-0.15, -0.1) is 0 Å². The molecule has 0 aliphatic rings. The minimum atomic E-state index is -3.66. The van der Waals surface area contributed by atoms with Crippen LogP contribution >= 0.6 is 15.0 Å². The van der Waals surface area contributed by atoms with Crippen LogP contribution in [0.1, 0.15) is 41.5 Å². The predicted octanol–water partition coefficient (Wildman–Crippen LogP) is 3.90. The van der Waals surface area contributed by atoms with E-state index in [1.165, 1.54) is 52.3 Å². The lowest BCUT2D eigenvalue weighted by atomic mass is 10.3. The van der Waals surface area contributed by atoms with Gasteiger partial charge < -0.3 is 28.0 Å². The van der Waals surface area contributed by atoms with E-state index in [-0.39, 0.29) is 36.4 Å². The number of ether oxygens (including phenoxy) is 4. The van der Waals surface area contributed by atoms with E-state index in [1.807, 2.05) is 0 Å². The van der Waals surface area contributed by atoms with Crippen LogP contribution in [0.3, 0.4) is 0 Å². The molecule has 1 aromatic carbocycles. The van der Waals surface area contributed by atoms with Crippen molar-refractivity contribution in [3.05, 3.63) is 24.3 Å². The number of carbonyl (C=O) groups excluding carboxylic acids is 2. The van der Waals surface area contributed by atoms with Gasteiger partial charge in [-0.25, -0.2) is 10.2 Å². The summed E-state index contributed by atoms with van der Waals surface area (Å²) in [7, 11) is -4.61. The van der Waals surface area contributed by atoms with Gasteiger partial charge in [0, 0.05) is 14.2 Å². The van der Waals surface area contributed by atoms with Crippen LogP contribution in [0, 0.1) is 0 Å². The Morgan fingerprint density at radius 1 is 0.694 bits per heavy atom. The normalized spacial score (nSPS) is 16.5. The Morgan fingerprint density at radius 2 is 1.00 bits per heavy atom. The van der Waals surface area contributed by atoms with E-state index in [1.54, 1.807) is 27.7 Å². The van der Waals surface area contributed by atoms with Crippen molar-refractivity contribution in [3.63, 3.8) is 0 Å². The SMILES string of the molecule is COCP(=O)(N[C@@H](C)C(=O)OC(C)C)Oc1ccc(OP(=O)(COC)N[C@@H](C)C(=O)OC(C)C)cc1. The summed E-state index contributed by atoms with van der Waals surface area (Å²) < 4.78 is 58.0. The molecule has 2 N–H and O–H groups in total. The molecule has 0 aliphatic carbocycles. The average Bonchev–Trinajstić information content (AvgIpc) is 2.74. The van der Waals surface area contributed by atoms with Crippen molar-refractivity contribution in [1.29, 1.82) is 0 Å². The van der Waals surface area contributed by atoms with Gasteiger partial charge in [-0.2, -0.15) is 0 Å². The Bertz CT molecular complexity index is 864. The maximum absolute atomic E-state index is 13.2. The number of esters is 2. The molecule has 1 rings (SSSR count). The standard InChI is InChI=1S/C22H38N2O10P2/c1-15(2)31-21(25)17(5)23-35(27,13-29-7)33-19-9-11-20(12-10-19)34-36(28,14-30-8)24-18(6)22(26)32-16(3)4/h9-12,15-18H,13-14H2,1-8H3,(H,23,27)(H,24,28)/t17-,18-,35?,36?/m0/s1. The predicted molar refractivity (Wildman–Crippen MR) is 134 cm³/mol. The Balaban J connectivity index is 2.94. The Kier molecular flexibility index (Phi) is 13.1. The summed E-state index contributed by atoms with van der Waals surface area (Å²) >= 11 is 0. The molecule has 0 fully saturated rings. The van der Waals surface area contributed by atoms with Crippen molar-refractivity contribution >= 4 is 27.0 Å². The average molecular weight is 552 g/mol. The molecular weight excluding hydrogens is 514 g/mol. The smallest absolute Gasteiger partial charge is 0.342 e. The summed E-state index contributed by atoms with van der Waals surface area (Å²) in [5.74, 6) is -0.797. The van der Waals surface area contributed by atoms with Gasteiger partial charge in [0.15, 0.2) is 0 Å². The Morgan fingerprint density at radius 3 is 1.25 bits per heavy atom. The zero-order valence-corrected chi connectivity index (χ0v) is 23.8. The van der Waals surface area contributed by atoms with Crippen LogP contribution in [0.2, 0.25) is 0 Å². The monoisotopic (exact) mass is 552 g/mol. The van der Waals surface area contributed by atoms with Gasteiger partial charge in [-0.3, -0.25) is 18.7 Å². The maximum atomic E-state index is 13.2. The minimum absolute atomic E-state index is 0.183. The van der Waals surface area contributed by atoms with Crippen LogP contribution in [0.4, 0.5) is 0 Å². The minimum Gasteiger partial charge on any atom is -0.462 e. The first-order chi connectivity index (χ1) is 16.7. The van der Waals surface area contributed by atoms with E-state index in [0.29, 0.717) is 0 Å². The number of hydrogen-bond acceptors (Lipinski definition) is 10. The maximum Gasteiger partial charge on any atom is 0.342 e. The molecule has 0 amide bonds. The van der Waals surface area contributed by atoms with Crippen LogP contribution in [0.15, 0.2) is 24.3 Å². The fourth-order valence-corrected chi connectivity index (χ4v) is 6.14. The first-order valence-corrected chi connectivity index (χ1v) is 15.0. The molecule has 0 saturated heterocycles. The lowest BCUT2D eigenvalue weighted by molar-refractivity contribution is -0.149. The van der Waals surface area contributed by atoms with Crippen molar-refractivity contribution in [2.75, 3.05) is 26.9 Å². The number of carbonyl (C=O) groups is 2. The van der Waals surface area contributed by atoms with Crippen LogP contribution < -0.4 is 19.2 Å². The third-order valence-electron chi connectivity index (χ3n) is 4.12. The lowest BCUT2D eigenvalue weighted by Crippen LogP contribution is -2.36. The number of methoxy groups -OCH3 is 2. The van der Waals surface area contributed by atoms with E-state index in [2.05, 4.69) is 10.2 Å². The van der Waals surface area contributed by atoms with Crippen molar-refractivity contribution in [3.8, 4) is 11.5 Å². The van der Waals surface area contributed by atoms with Gasteiger partial charge in [-0.1, -0.05) is 0 Å². The number of benzene rings is 1. The van der Waals surface area contributed by atoms with Crippen molar-refractivity contribution in [2.45, 2.75) is 65.8 Å². The van der Waals surface area contributed by atoms with Crippen molar-refractivity contribution < 1.29 is 46.7 Å². The summed E-state index contributed by atoms with van der Waals surface area (Å²) in [6, 6.07) is 3.97. The molecule has 0 spiro atoms. The summed E-state index contributed by atoms with van der Waals surface area (Å²) in [6.45, 7) is 9.84. The summed E-state index contributed by atoms with van der Waals surface area (Å²) in [4.78, 5) is 24.2. The molecule has 0 radical (unpaired) electrons. The topological polar surface area (TPSA) is 148 Å². The highest BCUT2D eigenvalue weighted by Gasteiger charge is 2.32. The first-order valence-electron chi connectivity index (χ1n) is 11.3. The van der Waals surface area contributed by atoms with Crippen LogP contribution in [-0.2, 0) is 37.7 Å². The van der Waals surface area contributed by atoms with Crippen molar-refractivity contribution in [1.82, 2.24) is 10.2 Å². The fraction of sp³-hybridized carbons (Fsp3) is 0.636. The van der Waals surface area contributed by atoms with E-state index < -0.39 is 39.1 Å². The number of rotatable bonds is 16. The molecular formula is C22H38N2O10P2. The van der Waals surface area contributed by atoms with Crippen LogP contribution in [-0.4, -0.2) is 63.1 Å². The molecule has 14 heteroatoms. The van der Waals surface area contributed by atoms with E-state index in [0.717, 1.165) is 0 Å². The second-order valence-corrected chi connectivity index (χ2v) is 12.6. The van der Waals surface area contributed by atoms with Crippen molar-refractivity contribution in [2.24, 2.45) is 0 Å². The molecule has 0 bridgehead atoms. The largest absolute Gasteiger partial charge is 0.462 e. The Labute approximate surface area is 212 Å². The Hall–Kier alpha value is -1.94. The van der Waals surface area contributed by atoms with E-state index >= 15 is 0 Å². The first kappa shape index (κ1) is 32.1. The summed E-state index contributed by atoms with van der Waals surface area (Å²) in [6.07, 6.45) is -1.27. The highest BCUT2D eigenvalue weighted by Crippen LogP contribution is 2.46. The fourth-order valence-electron chi connectivity index (χ4n) is 2.79. The molecule has 4 atom stereocenters. The highest BCUT2D eigenvalue weighted by molar-refractivity contribution is 7.57. The summed E-state index contributed by atoms with van der Waals surface area (Å²) in [5, 5.41) is 5.30. The zero-order chi connectivity index (χ0) is 27.5. The van der Waals surface area contributed by atoms with Gasteiger partial charge in [-0.05, 0) is 65.8 Å². The highest BCUT2D eigenvalue weighted by atomic mass is 31.2. The van der Waals surface area contributed by atoms with E-state index in [4.69, 9.17) is 28.0 Å². The molecule has 36 heavy (non-hydrogen) atoms. The van der Waals surface area contributed by atoms with Gasteiger partial charge in [0.1, 0.15) is 36.3 Å². The second-order valence-electron chi connectivity index (χ2n) is 8.51. The molecule has 0 heterocycles. The molecule has 0 saturated carbocycles. The number of nitrogens with one attached hydrogen (secondary N) is 2. The van der Waals surface area contributed by atoms with Gasteiger partial charge in [0.25, 0.3) is 0 Å². The van der Waals surface area contributed by atoms with E-state index in [9.17, 15) is 18.7 Å². The zero-order valence-electron chi connectivity index (χ0n) is 22.0. The third kappa shape index (κ3) is 11.4. The van der Waals surface area contributed by atoms with Gasteiger partial charge in [0.05, 0.1) is 12.2 Å². The summed E-state index contributed by atoms with van der Waals surface area (Å²) in [5.41, 5.74) is 0. The molecule has 0 aromatic heterocycles. The molecule has 1 aromatic rings. The number of hydrogen-bond donors (Lipinski definition) is 2. The molecule has 2 unspecified atom stereocenters. The van der Waals surface area contributed by atoms with Gasteiger partial charge in [0.2, 0.25) is 0 Å². The van der Waals surface area contributed by atoms with Crippen LogP contribution in [0.25, 0.3) is 0 Å². The third-order valence-corrected chi connectivity index (χ3v) is 7.89. The molecule has 12 nitrogen and oxygen atoms in total. The molecule has 0 aliphatic heterocycles. The second kappa shape index (κ2) is 14.7. The molecule has 206 valence electrons.